The molecule has 0 aromatic heterocycles. The number of ketones is 1. The summed E-state index contributed by atoms with van der Waals surface area (Å²) in [6.07, 6.45) is 1.67. The molecule has 0 heterocycles. The second-order valence-corrected chi connectivity index (χ2v) is 8.02. The van der Waals surface area contributed by atoms with Gasteiger partial charge < -0.3 is 9.47 Å². The fourth-order valence-corrected chi connectivity index (χ4v) is 3.71. The van der Waals surface area contributed by atoms with Crippen LogP contribution >= 0.6 is 0 Å². The van der Waals surface area contributed by atoms with Gasteiger partial charge in [0.15, 0.2) is 12.4 Å². The molecule has 37 heavy (non-hydrogen) atoms. The smallest absolute Gasteiger partial charge is 0.277 e. The number of non-ortho nitro benzene ring substituents is 1. The van der Waals surface area contributed by atoms with Gasteiger partial charge in [0.2, 0.25) is 0 Å². The van der Waals surface area contributed by atoms with E-state index < -0.39 is 10.8 Å². The number of hydrazone groups is 1. The molecule has 0 fully saturated rings. The summed E-state index contributed by atoms with van der Waals surface area (Å²) in [5.74, 6) is 0.417. The number of hydrogen-bond donors (Lipinski definition) is 1. The molecule has 9 heteroatoms. The minimum atomic E-state index is -0.517. The Bertz CT molecular complexity index is 1460. The van der Waals surface area contributed by atoms with E-state index >= 15 is 0 Å². The molecule has 0 aliphatic carbocycles. The predicted molar refractivity (Wildman–Crippen MR) is 139 cm³/mol. The number of ether oxygens (including phenoxy) is 2. The minimum Gasteiger partial charge on any atom is -0.497 e. The zero-order chi connectivity index (χ0) is 26.2. The number of Topliss-reactive ketones (excluding diaryl/α,β-unsaturated/α-hetero) is 1. The Morgan fingerprint density at radius 3 is 2.35 bits per heavy atom. The van der Waals surface area contributed by atoms with Crippen molar-refractivity contribution in [1.82, 2.24) is 5.43 Å². The summed E-state index contributed by atoms with van der Waals surface area (Å²) in [5, 5.41) is 16.7. The number of benzene rings is 4. The van der Waals surface area contributed by atoms with Crippen LogP contribution in [0.25, 0.3) is 10.8 Å². The van der Waals surface area contributed by atoms with Gasteiger partial charge in [-0.2, -0.15) is 5.10 Å². The van der Waals surface area contributed by atoms with Gasteiger partial charge >= 0.3 is 0 Å². The highest BCUT2D eigenvalue weighted by atomic mass is 16.6. The molecule has 0 saturated heterocycles. The Balaban J connectivity index is 1.46. The lowest BCUT2D eigenvalue weighted by Crippen LogP contribution is -2.24. The maximum absolute atomic E-state index is 13.0. The SMILES string of the molecule is COc1ccc(C(=O)Cc2ccc3ccccc3c2/C=N/NC(=O)COc2ccc([N+](=O)[O-])cc2)cc1. The molecule has 0 aliphatic heterocycles. The number of nitrogens with one attached hydrogen (secondary N) is 1. The zero-order valence-corrected chi connectivity index (χ0v) is 19.9. The van der Waals surface area contributed by atoms with Gasteiger partial charge in [-0.3, -0.25) is 19.7 Å². The lowest BCUT2D eigenvalue weighted by molar-refractivity contribution is -0.384. The summed E-state index contributed by atoms with van der Waals surface area (Å²) in [6, 6.07) is 23.9. The van der Waals surface area contributed by atoms with Crippen molar-refractivity contribution in [1.29, 1.82) is 0 Å². The van der Waals surface area contributed by atoms with Gasteiger partial charge in [-0.1, -0.05) is 36.4 Å². The van der Waals surface area contributed by atoms with Crippen molar-refractivity contribution in [3.8, 4) is 11.5 Å². The number of nitro benzene ring substituents is 1. The van der Waals surface area contributed by atoms with Gasteiger partial charge in [-0.05, 0) is 52.7 Å². The fourth-order valence-electron chi connectivity index (χ4n) is 3.71. The van der Waals surface area contributed by atoms with E-state index in [4.69, 9.17) is 9.47 Å². The Labute approximate surface area is 212 Å². The minimum absolute atomic E-state index is 0.0619. The Morgan fingerprint density at radius 1 is 0.946 bits per heavy atom. The molecule has 4 aromatic carbocycles. The summed E-state index contributed by atoms with van der Waals surface area (Å²) >= 11 is 0. The van der Waals surface area contributed by atoms with Crippen molar-refractivity contribution in [3.05, 3.63) is 112 Å². The standard InChI is InChI=1S/C28H23N3O6/c1-36-23-12-8-20(9-13-23)27(32)16-21-7-6-19-4-2-3-5-25(19)26(21)17-29-30-28(33)18-37-24-14-10-22(11-15-24)31(34)35/h2-15,17H,16,18H2,1H3,(H,30,33)/b29-17+. The number of nitrogens with zero attached hydrogens (tertiary/aromatic N) is 2. The van der Waals surface area contributed by atoms with Crippen LogP contribution in [0.1, 0.15) is 21.5 Å². The molecule has 0 radical (unpaired) electrons. The van der Waals surface area contributed by atoms with Gasteiger partial charge in [0.25, 0.3) is 11.6 Å². The molecule has 4 rings (SSSR count). The number of amides is 1. The molecule has 0 unspecified atom stereocenters. The Hall–Kier alpha value is -5.05. The highest BCUT2D eigenvalue weighted by Crippen LogP contribution is 2.23. The molecular weight excluding hydrogens is 474 g/mol. The lowest BCUT2D eigenvalue weighted by Gasteiger charge is -2.10. The van der Waals surface area contributed by atoms with Crippen LogP contribution in [0.4, 0.5) is 5.69 Å². The van der Waals surface area contributed by atoms with Gasteiger partial charge in [0.1, 0.15) is 11.5 Å². The van der Waals surface area contributed by atoms with Crippen LogP contribution in [0.3, 0.4) is 0 Å². The number of rotatable bonds is 10. The van der Waals surface area contributed by atoms with E-state index in [1.165, 1.54) is 30.5 Å². The van der Waals surface area contributed by atoms with E-state index in [0.29, 0.717) is 17.1 Å². The summed E-state index contributed by atoms with van der Waals surface area (Å²) in [7, 11) is 1.57. The van der Waals surface area contributed by atoms with Crippen molar-refractivity contribution < 1.29 is 24.0 Å². The second-order valence-electron chi connectivity index (χ2n) is 8.02. The molecule has 0 saturated carbocycles. The van der Waals surface area contributed by atoms with E-state index in [1.54, 1.807) is 31.4 Å². The molecule has 4 aromatic rings. The highest BCUT2D eigenvalue weighted by molar-refractivity contribution is 6.04. The molecule has 9 nitrogen and oxygen atoms in total. The van der Waals surface area contributed by atoms with Gasteiger partial charge in [-0.15, -0.1) is 0 Å². The first-order valence-electron chi connectivity index (χ1n) is 11.3. The van der Waals surface area contributed by atoms with Crippen LogP contribution in [0.15, 0.2) is 90.0 Å². The van der Waals surface area contributed by atoms with Gasteiger partial charge in [0, 0.05) is 29.7 Å². The topological polar surface area (TPSA) is 120 Å². The summed E-state index contributed by atoms with van der Waals surface area (Å²) in [4.78, 5) is 35.4. The van der Waals surface area contributed by atoms with E-state index in [0.717, 1.165) is 21.9 Å². The van der Waals surface area contributed by atoms with Crippen molar-refractivity contribution >= 4 is 34.4 Å². The van der Waals surface area contributed by atoms with E-state index in [2.05, 4.69) is 10.5 Å². The van der Waals surface area contributed by atoms with Crippen LogP contribution in [0.2, 0.25) is 0 Å². The Kier molecular flexibility index (Phi) is 7.85. The van der Waals surface area contributed by atoms with E-state index in [1.807, 2.05) is 36.4 Å². The fraction of sp³-hybridized carbons (Fsp3) is 0.107. The zero-order valence-electron chi connectivity index (χ0n) is 19.9. The molecule has 1 N–H and O–H groups in total. The van der Waals surface area contributed by atoms with Crippen molar-refractivity contribution in [2.24, 2.45) is 5.10 Å². The highest BCUT2D eigenvalue weighted by Gasteiger charge is 2.13. The molecule has 1 amide bonds. The number of methoxy groups -OCH3 is 1. The maximum Gasteiger partial charge on any atom is 0.277 e. The lowest BCUT2D eigenvalue weighted by atomic mass is 9.94. The number of fused-ring (bicyclic) bond motifs is 1. The third-order valence-corrected chi connectivity index (χ3v) is 5.62. The summed E-state index contributed by atoms with van der Waals surface area (Å²) in [6.45, 7) is -0.326. The van der Waals surface area contributed by atoms with Gasteiger partial charge in [-0.25, -0.2) is 5.43 Å². The quantitative estimate of drug-likeness (QED) is 0.147. The first kappa shape index (κ1) is 25.1. The number of hydrogen-bond acceptors (Lipinski definition) is 7. The van der Waals surface area contributed by atoms with Crippen molar-refractivity contribution in [2.45, 2.75) is 6.42 Å². The van der Waals surface area contributed by atoms with E-state index in [9.17, 15) is 19.7 Å². The number of nitro groups is 1. The summed E-state index contributed by atoms with van der Waals surface area (Å²) in [5.41, 5.74) is 4.39. The number of carbonyl (C=O) groups excluding carboxylic acids is 2. The average Bonchev–Trinajstić information content (AvgIpc) is 2.93. The third-order valence-electron chi connectivity index (χ3n) is 5.62. The molecule has 186 valence electrons. The maximum atomic E-state index is 13.0. The van der Waals surface area contributed by atoms with Gasteiger partial charge in [0.05, 0.1) is 18.2 Å². The molecular formula is C28H23N3O6. The molecule has 0 aliphatic rings. The summed E-state index contributed by atoms with van der Waals surface area (Å²) < 4.78 is 10.5. The predicted octanol–water partition coefficient (Wildman–Crippen LogP) is 4.71. The van der Waals surface area contributed by atoms with Crippen molar-refractivity contribution in [2.75, 3.05) is 13.7 Å². The molecule has 0 spiro atoms. The average molecular weight is 498 g/mol. The first-order chi connectivity index (χ1) is 17.9. The van der Waals surface area contributed by atoms with Crippen LogP contribution in [0, 0.1) is 10.1 Å². The monoisotopic (exact) mass is 497 g/mol. The van der Waals surface area contributed by atoms with Crippen LogP contribution in [0.5, 0.6) is 11.5 Å². The first-order valence-corrected chi connectivity index (χ1v) is 11.3. The van der Waals surface area contributed by atoms with E-state index in [-0.39, 0.29) is 24.5 Å². The normalized spacial score (nSPS) is 10.8. The third kappa shape index (κ3) is 6.34. The molecule has 0 atom stereocenters. The molecule has 0 bridgehead atoms. The van der Waals surface area contributed by atoms with Crippen LogP contribution in [-0.4, -0.2) is 36.5 Å². The van der Waals surface area contributed by atoms with Crippen LogP contribution in [-0.2, 0) is 11.2 Å². The number of carbonyl (C=O) groups is 2. The van der Waals surface area contributed by atoms with Crippen molar-refractivity contribution in [3.63, 3.8) is 0 Å². The largest absolute Gasteiger partial charge is 0.497 e. The second kappa shape index (κ2) is 11.6. The van der Waals surface area contributed by atoms with Crippen LogP contribution < -0.4 is 14.9 Å². The Morgan fingerprint density at radius 2 is 1.65 bits per heavy atom.